The van der Waals surface area contributed by atoms with Gasteiger partial charge in [0.05, 0.1) is 11.2 Å². The number of benzene rings is 1. The Kier molecular flexibility index (Phi) is 2.92. The molecule has 0 saturated carbocycles. The topological polar surface area (TPSA) is 43.8 Å². The second-order valence-electron chi connectivity index (χ2n) is 4.98. The smallest absolute Gasteiger partial charge is 0.0743 e. The highest BCUT2D eigenvalue weighted by molar-refractivity contribution is 5.82. The Balaban J connectivity index is 1.99. The lowest BCUT2D eigenvalue weighted by Crippen LogP contribution is -2.11. The summed E-state index contributed by atoms with van der Waals surface area (Å²) in [6.07, 6.45) is 5.36. The molecule has 1 aromatic carbocycles. The molecule has 0 fully saturated rings. The van der Waals surface area contributed by atoms with E-state index in [1.807, 2.05) is 0 Å². The number of hydrogen-bond acceptors (Lipinski definition) is 2. The van der Waals surface area contributed by atoms with Crippen molar-refractivity contribution in [2.75, 3.05) is 0 Å². The van der Waals surface area contributed by atoms with E-state index in [4.69, 9.17) is 10.8 Å². The van der Waals surface area contributed by atoms with E-state index in [1.54, 1.807) is 0 Å². The van der Waals surface area contributed by atoms with Crippen molar-refractivity contribution in [3.8, 4) is 0 Å². The molecule has 1 aromatic heterocycles. The van der Waals surface area contributed by atoms with Crippen LogP contribution in [-0.4, -0.2) is 15.8 Å². The SMILES string of the molecule is CCn1nc(CC2=CC(N)CC2)c2ccccc21. The van der Waals surface area contributed by atoms with E-state index >= 15 is 0 Å². The molecule has 0 amide bonds. The molecular formula is C15H19N3. The highest BCUT2D eigenvalue weighted by Gasteiger charge is 2.15. The van der Waals surface area contributed by atoms with E-state index < -0.39 is 0 Å². The van der Waals surface area contributed by atoms with Gasteiger partial charge in [-0.15, -0.1) is 0 Å². The van der Waals surface area contributed by atoms with Crippen molar-refractivity contribution in [3.05, 3.63) is 41.6 Å². The van der Waals surface area contributed by atoms with E-state index in [-0.39, 0.29) is 6.04 Å². The molecule has 1 atom stereocenters. The lowest BCUT2D eigenvalue weighted by molar-refractivity contribution is 0.670. The molecule has 1 heterocycles. The van der Waals surface area contributed by atoms with Crippen LogP contribution in [-0.2, 0) is 13.0 Å². The number of rotatable bonds is 3. The summed E-state index contributed by atoms with van der Waals surface area (Å²) in [5, 5.41) is 6.01. The normalized spacial score (nSPS) is 19.4. The number of nitrogens with zero attached hydrogens (tertiary/aromatic N) is 2. The van der Waals surface area contributed by atoms with Crippen molar-refractivity contribution in [3.63, 3.8) is 0 Å². The van der Waals surface area contributed by atoms with Gasteiger partial charge in [-0.05, 0) is 25.8 Å². The van der Waals surface area contributed by atoms with Gasteiger partial charge in [0.2, 0.25) is 0 Å². The van der Waals surface area contributed by atoms with Crippen LogP contribution in [0.3, 0.4) is 0 Å². The van der Waals surface area contributed by atoms with Crippen LogP contribution >= 0.6 is 0 Å². The summed E-state index contributed by atoms with van der Waals surface area (Å²) in [5.74, 6) is 0. The summed E-state index contributed by atoms with van der Waals surface area (Å²) in [7, 11) is 0. The third-order valence-electron chi connectivity index (χ3n) is 3.68. The second-order valence-corrected chi connectivity index (χ2v) is 4.98. The van der Waals surface area contributed by atoms with Crippen molar-refractivity contribution in [1.29, 1.82) is 0 Å². The van der Waals surface area contributed by atoms with E-state index in [0.29, 0.717) is 0 Å². The number of para-hydroxylation sites is 1. The van der Waals surface area contributed by atoms with Crippen LogP contribution in [0.2, 0.25) is 0 Å². The van der Waals surface area contributed by atoms with Gasteiger partial charge in [-0.2, -0.15) is 5.10 Å². The minimum atomic E-state index is 0.250. The van der Waals surface area contributed by atoms with Crippen molar-refractivity contribution in [2.24, 2.45) is 5.73 Å². The van der Waals surface area contributed by atoms with Gasteiger partial charge in [0.25, 0.3) is 0 Å². The summed E-state index contributed by atoms with van der Waals surface area (Å²) in [4.78, 5) is 0. The first-order valence-electron chi connectivity index (χ1n) is 6.67. The van der Waals surface area contributed by atoms with Crippen molar-refractivity contribution in [1.82, 2.24) is 9.78 Å². The third kappa shape index (κ3) is 1.95. The van der Waals surface area contributed by atoms with E-state index in [2.05, 4.69) is 41.9 Å². The Hall–Kier alpha value is -1.61. The van der Waals surface area contributed by atoms with Crippen LogP contribution in [0, 0.1) is 0 Å². The van der Waals surface area contributed by atoms with Crippen LogP contribution in [0.5, 0.6) is 0 Å². The van der Waals surface area contributed by atoms with Gasteiger partial charge in [-0.1, -0.05) is 29.8 Å². The molecule has 1 aliphatic rings. The Labute approximate surface area is 107 Å². The number of aryl methyl sites for hydroxylation is 1. The van der Waals surface area contributed by atoms with Gasteiger partial charge in [-0.3, -0.25) is 4.68 Å². The van der Waals surface area contributed by atoms with Gasteiger partial charge in [0, 0.05) is 24.4 Å². The molecule has 3 rings (SSSR count). The Morgan fingerprint density at radius 2 is 2.22 bits per heavy atom. The lowest BCUT2D eigenvalue weighted by Gasteiger charge is -1.98. The molecule has 0 bridgehead atoms. The van der Waals surface area contributed by atoms with Crippen LogP contribution in [0.1, 0.15) is 25.5 Å². The van der Waals surface area contributed by atoms with Crippen LogP contribution in [0.25, 0.3) is 10.9 Å². The number of hydrogen-bond donors (Lipinski definition) is 1. The van der Waals surface area contributed by atoms with Crippen molar-refractivity contribution < 1.29 is 0 Å². The third-order valence-corrected chi connectivity index (χ3v) is 3.68. The van der Waals surface area contributed by atoms with Crippen LogP contribution in [0.15, 0.2) is 35.9 Å². The predicted molar refractivity (Wildman–Crippen MR) is 74.4 cm³/mol. The molecule has 0 aliphatic heterocycles. The summed E-state index contributed by atoms with van der Waals surface area (Å²) in [5.41, 5.74) is 9.78. The van der Waals surface area contributed by atoms with Crippen LogP contribution < -0.4 is 5.73 Å². The molecule has 3 nitrogen and oxygen atoms in total. The zero-order valence-electron chi connectivity index (χ0n) is 10.8. The first-order valence-corrected chi connectivity index (χ1v) is 6.67. The summed E-state index contributed by atoms with van der Waals surface area (Å²) in [6.45, 7) is 3.05. The fourth-order valence-electron chi connectivity index (χ4n) is 2.75. The molecule has 0 saturated heterocycles. The highest BCUT2D eigenvalue weighted by atomic mass is 15.3. The first kappa shape index (κ1) is 11.5. The quantitative estimate of drug-likeness (QED) is 0.839. The summed E-state index contributed by atoms with van der Waals surface area (Å²) in [6, 6.07) is 8.72. The number of fused-ring (bicyclic) bond motifs is 1. The molecule has 3 heteroatoms. The molecule has 18 heavy (non-hydrogen) atoms. The number of allylic oxidation sites excluding steroid dienone is 1. The summed E-state index contributed by atoms with van der Waals surface area (Å²) >= 11 is 0. The summed E-state index contributed by atoms with van der Waals surface area (Å²) < 4.78 is 2.08. The maximum atomic E-state index is 5.92. The Morgan fingerprint density at radius 1 is 1.39 bits per heavy atom. The molecule has 1 aliphatic carbocycles. The lowest BCUT2D eigenvalue weighted by atomic mass is 10.1. The van der Waals surface area contributed by atoms with Gasteiger partial charge in [0.15, 0.2) is 0 Å². The maximum absolute atomic E-state index is 5.92. The second kappa shape index (κ2) is 4.58. The molecular weight excluding hydrogens is 222 g/mol. The number of aromatic nitrogens is 2. The average molecular weight is 241 g/mol. The van der Waals surface area contributed by atoms with Gasteiger partial charge in [0.1, 0.15) is 0 Å². The number of nitrogens with two attached hydrogens (primary N) is 1. The predicted octanol–water partition coefficient (Wildman–Crippen LogP) is 2.65. The van der Waals surface area contributed by atoms with Gasteiger partial charge >= 0.3 is 0 Å². The monoisotopic (exact) mass is 241 g/mol. The molecule has 1 unspecified atom stereocenters. The molecule has 0 radical (unpaired) electrons. The molecule has 94 valence electrons. The average Bonchev–Trinajstić information content (AvgIpc) is 2.95. The standard InChI is InChI=1S/C15H19N3/c1-2-18-15-6-4-3-5-13(15)14(17-18)10-11-7-8-12(16)9-11/h3-6,9,12H,2,7-8,10,16H2,1H3. The minimum Gasteiger partial charge on any atom is -0.324 e. The fourth-order valence-corrected chi connectivity index (χ4v) is 2.75. The van der Waals surface area contributed by atoms with Crippen LogP contribution in [0.4, 0.5) is 0 Å². The Morgan fingerprint density at radius 3 is 2.94 bits per heavy atom. The molecule has 0 spiro atoms. The van der Waals surface area contributed by atoms with E-state index in [9.17, 15) is 0 Å². The zero-order chi connectivity index (χ0) is 12.5. The molecule has 2 N–H and O–H groups in total. The molecule has 2 aromatic rings. The highest BCUT2D eigenvalue weighted by Crippen LogP contribution is 2.25. The van der Waals surface area contributed by atoms with E-state index in [1.165, 1.54) is 22.2 Å². The van der Waals surface area contributed by atoms with E-state index in [0.717, 1.165) is 25.8 Å². The maximum Gasteiger partial charge on any atom is 0.0743 e. The van der Waals surface area contributed by atoms with Crippen molar-refractivity contribution >= 4 is 10.9 Å². The zero-order valence-corrected chi connectivity index (χ0v) is 10.8. The van der Waals surface area contributed by atoms with Gasteiger partial charge in [-0.25, -0.2) is 0 Å². The fraction of sp³-hybridized carbons (Fsp3) is 0.400. The minimum absolute atomic E-state index is 0.250. The van der Waals surface area contributed by atoms with Crippen molar-refractivity contribution in [2.45, 2.75) is 38.8 Å². The Bertz CT molecular complexity index is 595. The first-order chi connectivity index (χ1) is 8.78. The van der Waals surface area contributed by atoms with Gasteiger partial charge < -0.3 is 5.73 Å². The largest absolute Gasteiger partial charge is 0.324 e.